The Balaban J connectivity index is 2.22. The van der Waals surface area contributed by atoms with Gasteiger partial charge in [0.15, 0.2) is 0 Å². The van der Waals surface area contributed by atoms with Crippen LogP contribution >= 0.6 is 0 Å². The van der Waals surface area contributed by atoms with Gasteiger partial charge < -0.3 is 5.32 Å². The van der Waals surface area contributed by atoms with E-state index in [1.165, 1.54) is 0 Å². The fourth-order valence-corrected chi connectivity index (χ4v) is 2.30. The lowest BCUT2D eigenvalue weighted by Crippen LogP contribution is -2.27. The minimum atomic E-state index is -4.15. The summed E-state index contributed by atoms with van der Waals surface area (Å²) in [6.45, 7) is 3.56. The van der Waals surface area contributed by atoms with Crippen LogP contribution in [0.2, 0.25) is 0 Å². The first-order chi connectivity index (χ1) is 8.99. The van der Waals surface area contributed by atoms with Crippen molar-refractivity contribution in [2.45, 2.75) is 51.7 Å². The highest BCUT2D eigenvalue weighted by Gasteiger charge is 2.27. The van der Waals surface area contributed by atoms with Crippen molar-refractivity contribution in [1.82, 2.24) is 15.3 Å². The molecule has 0 saturated carbocycles. The third-order valence-electron chi connectivity index (χ3n) is 3.19. The minimum Gasteiger partial charge on any atom is -0.311 e. The van der Waals surface area contributed by atoms with Crippen molar-refractivity contribution in [2.24, 2.45) is 0 Å². The van der Waals surface area contributed by atoms with Crippen molar-refractivity contribution in [1.29, 1.82) is 0 Å². The molecular formula is C13H18F3N3. The third kappa shape index (κ3) is 3.89. The predicted octanol–water partition coefficient (Wildman–Crippen LogP) is 2.57. The summed E-state index contributed by atoms with van der Waals surface area (Å²) in [6.07, 6.45) is -2.52. The van der Waals surface area contributed by atoms with E-state index in [1.807, 2.05) is 6.92 Å². The van der Waals surface area contributed by atoms with Gasteiger partial charge in [0.1, 0.15) is 5.82 Å². The number of aryl methyl sites for hydroxylation is 2. The summed E-state index contributed by atoms with van der Waals surface area (Å²) in [5.74, 6) is 0.322. The van der Waals surface area contributed by atoms with Crippen molar-refractivity contribution < 1.29 is 13.2 Å². The summed E-state index contributed by atoms with van der Waals surface area (Å²) in [7, 11) is 0. The highest BCUT2D eigenvalue weighted by Crippen LogP contribution is 2.23. The van der Waals surface area contributed by atoms with E-state index in [4.69, 9.17) is 0 Å². The molecule has 1 aromatic rings. The van der Waals surface area contributed by atoms with Crippen LogP contribution in [-0.4, -0.2) is 22.7 Å². The van der Waals surface area contributed by atoms with Crippen LogP contribution in [0.3, 0.4) is 0 Å². The first-order valence-electron chi connectivity index (χ1n) is 6.64. The van der Waals surface area contributed by atoms with Crippen molar-refractivity contribution in [3.05, 3.63) is 22.8 Å². The largest absolute Gasteiger partial charge is 0.389 e. The number of halogens is 3. The van der Waals surface area contributed by atoms with E-state index in [2.05, 4.69) is 15.3 Å². The summed E-state index contributed by atoms with van der Waals surface area (Å²) >= 11 is 0. The van der Waals surface area contributed by atoms with E-state index in [1.54, 1.807) is 0 Å². The molecule has 0 aliphatic carbocycles. The van der Waals surface area contributed by atoms with E-state index in [0.29, 0.717) is 12.4 Å². The number of nitrogens with one attached hydrogen (secondary N) is 1. The van der Waals surface area contributed by atoms with Gasteiger partial charge in [-0.3, -0.25) is 0 Å². The second-order valence-corrected chi connectivity index (χ2v) is 4.80. The number of alkyl halides is 3. The van der Waals surface area contributed by atoms with Crippen LogP contribution < -0.4 is 5.32 Å². The summed E-state index contributed by atoms with van der Waals surface area (Å²) in [6, 6.07) is 0. The Morgan fingerprint density at radius 3 is 2.68 bits per heavy atom. The lowest BCUT2D eigenvalue weighted by Gasteiger charge is -2.20. The highest BCUT2D eigenvalue weighted by atomic mass is 19.4. The molecule has 2 rings (SSSR count). The van der Waals surface area contributed by atoms with Gasteiger partial charge in [-0.15, -0.1) is 0 Å². The second kappa shape index (κ2) is 5.86. The van der Waals surface area contributed by atoms with Crippen LogP contribution in [-0.2, 0) is 25.8 Å². The number of hydrogen-bond donors (Lipinski definition) is 1. The van der Waals surface area contributed by atoms with Crippen LogP contribution in [0.5, 0.6) is 0 Å². The average Bonchev–Trinajstić information content (AvgIpc) is 2.36. The van der Waals surface area contributed by atoms with Crippen molar-refractivity contribution in [2.75, 3.05) is 6.54 Å². The van der Waals surface area contributed by atoms with E-state index >= 15 is 0 Å². The molecule has 0 unspecified atom stereocenters. The van der Waals surface area contributed by atoms with Gasteiger partial charge in [-0.25, -0.2) is 9.97 Å². The molecule has 0 aromatic carbocycles. The standard InChI is InChI=1S/C13H18F3N3/c1-2-3-10-9-5-7-17-8-11(9)19-12(18-10)4-6-13(14,15)16/h17H,2-8H2,1H3. The third-order valence-corrected chi connectivity index (χ3v) is 3.19. The smallest absolute Gasteiger partial charge is 0.311 e. The van der Waals surface area contributed by atoms with Crippen molar-refractivity contribution in [3.8, 4) is 0 Å². The molecule has 3 nitrogen and oxygen atoms in total. The molecule has 0 atom stereocenters. The minimum absolute atomic E-state index is 0.131. The Morgan fingerprint density at radius 2 is 2.00 bits per heavy atom. The molecule has 0 spiro atoms. The fraction of sp³-hybridized carbons (Fsp3) is 0.692. The molecule has 2 heterocycles. The van der Waals surface area contributed by atoms with Crippen LogP contribution in [0.25, 0.3) is 0 Å². The zero-order valence-electron chi connectivity index (χ0n) is 11.0. The molecular weight excluding hydrogens is 255 g/mol. The molecule has 1 N–H and O–H groups in total. The Bertz CT molecular complexity index is 443. The summed E-state index contributed by atoms with van der Waals surface area (Å²) in [5, 5.41) is 3.20. The zero-order chi connectivity index (χ0) is 13.9. The quantitative estimate of drug-likeness (QED) is 0.916. The Hall–Kier alpha value is -1.17. The fourth-order valence-electron chi connectivity index (χ4n) is 2.30. The van der Waals surface area contributed by atoms with Gasteiger partial charge in [0.25, 0.3) is 0 Å². The maximum Gasteiger partial charge on any atom is 0.389 e. The van der Waals surface area contributed by atoms with Crippen LogP contribution in [0.4, 0.5) is 13.2 Å². The number of aromatic nitrogens is 2. The molecule has 0 amide bonds. The number of fused-ring (bicyclic) bond motifs is 1. The maximum atomic E-state index is 12.3. The summed E-state index contributed by atoms with van der Waals surface area (Å²) in [5.41, 5.74) is 2.95. The van der Waals surface area contributed by atoms with Gasteiger partial charge in [-0.1, -0.05) is 13.3 Å². The van der Waals surface area contributed by atoms with Crippen LogP contribution in [0.15, 0.2) is 0 Å². The molecule has 19 heavy (non-hydrogen) atoms. The van der Waals surface area contributed by atoms with Gasteiger partial charge in [0, 0.05) is 18.7 Å². The molecule has 0 radical (unpaired) electrons. The van der Waals surface area contributed by atoms with E-state index in [9.17, 15) is 13.2 Å². The molecule has 0 fully saturated rings. The van der Waals surface area contributed by atoms with Crippen molar-refractivity contribution in [3.63, 3.8) is 0 Å². The topological polar surface area (TPSA) is 37.8 Å². The molecule has 106 valence electrons. The lowest BCUT2D eigenvalue weighted by molar-refractivity contribution is -0.134. The first kappa shape index (κ1) is 14.2. The molecule has 0 saturated heterocycles. The molecule has 1 aromatic heterocycles. The van der Waals surface area contributed by atoms with Gasteiger partial charge in [-0.05, 0) is 24.9 Å². The van der Waals surface area contributed by atoms with E-state index < -0.39 is 12.6 Å². The average molecular weight is 273 g/mol. The lowest BCUT2D eigenvalue weighted by atomic mass is 10.0. The molecule has 0 bridgehead atoms. The second-order valence-electron chi connectivity index (χ2n) is 4.80. The Kier molecular flexibility index (Phi) is 4.39. The first-order valence-corrected chi connectivity index (χ1v) is 6.64. The molecule has 1 aliphatic rings. The van der Waals surface area contributed by atoms with Gasteiger partial charge in [-0.2, -0.15) is 13.2 Å². The zero-order valence-corrected chi connectivity index (χ0v) is 11.0. The van der Waals surface area contributed by atoms with E-state index in [-0.39, 0.29) is 6.42 Å². The predicted molar refractivity (Wildman–Crippen MR) is 65.8 cm³/mol. The van der Waals surface area contributed by atoms with Gasteiger partial charge in [0.05, 0.1) is 12.1 Å². The Labute approximate surface area is 110 Å². The van der Waals surface area contributed by atoms with Crippen molar-refractivity contribution >= 4 is 0 Å². The Morgan fingerprint density at radius 1 is 1.21 bits per heavy atom. The van der Waals surface area contributed by atoms with Crippen LogP contribution in [0, 0.1) is 0 Å². The highest BCUT2D eigenvalue weighted by molar-refractivity contribution is 5.28. The summed E-state index contributed by atoms with van der Waals surface area (Å²) < 4.78 is 36.8. The van der Waals surface area contributed by atoms with Gasteiger partial charge in [0.2, 0.25) is 0 Å². The number of hydrogen-bond acceptors (Lipinski definition) is 3. The SMILES string of the molecule is CCCc1nc(CCC(F)(F)F)nc2c1CCNC2. The van der Waals surface area contributed by atoms with Crippen LogP contribution in [0.1, 0.15) is 42.5 Å². The summed E-state index contributed by atoms with van der Waals surface area (Å²) in [4.78, 5) is 8.63. The van der Waals surface area contributed by atoms with Gasteiger partial charge >= 0.3 is 6.18 Å². The maximum absolute atomic E-state index is 12.3. The molecule has 1 aliphatic heterocycles. The normalized spacial score (nSPS) is 15.4. The number of nitrogens with zero attached hydrogens (tertiary/aromatic N) is 2. The number of rotatable bonds is 4. The monoisotopic (exact) mass is 273 g/mol. The molecule has 6 heteroatoms. The van der Waals surface area contributed by atoms with E-state index in [0.717, 1.165) is 42.8 Å².